The topological polar surface area (TPSA) is 24.9 Å². The Labute approximate surface area is 151 Å². The Morgan fingerprint density at radius 2 is 1.91 bits per heavy atom. The van der Waals surface area contributed by atoms with Crippen molar-refractivity contribution < 1.29 is 0 Å². The van der Waals surface area contributed by atoms with Crippen LogP contribution in [0.2, 0.25) is 5.02 Å². The molecule has 0 spiro atoms. The number of halogens is 1. The summed E-state index contributed by atoms with van der Waals surface area (Å²) in [6, 6.07) is 14.1. The first-order valence-electron chi connectivity index (χ1n) is 7.24. The van der Waals surface area contributed by atoms with Crippen molar-refractivity contribution in [2.24, 2.45) is 0 Å². The highest BCUT2D eigenvalue weighted by Gasteiger charge is 2.12. The zero-order chi connectivity index (χ0) is 16.4. The molecule has 0 unspecified atom stereocenters. The lowest BCUT2D eigenvalue weighted by molar-refractivity contribution is 1.10. The highest BCUT2D eigenvalue weighted by Crippen LogP contribution is 2.35. The quantitative estimate of drug-likeness (QED) is 0.453. The van der Waals surface area contributed by atoms with Crippen LogP contribution in [0.25, 0.3) is 10.9 Å². The van der Waals surface area contributed by atoms with E-state index in [2.05, 4.69) is 42.4 Å². The summed E-state index contributed by atoms with van der Waals surface area (Å²) in [6.45, 7) is 2.71. The van der Waals surface area contributed by atoms with E-state index in [0.29, 0.717) is 6.54 Å². The molecule has 1 N–H and O–H groups in total. The first kappa shape index (κ1) is 16.5. The summed E-state index contributed by atoms with van der Waals surface area (Å²) >= 11 is 12.3. The Kier molecular flexibility index (Phi) is 5.05. The molecule has 0 aliphatic heterocycles. The van der Waals surface area contributed by atoms with Gasteiger partial charge in [-0.1, -0.05) is 35.9 Å². The number of hydrogen-bond donors (Lipinski definition) is 2. The third-order valence-corrected chi connectivity index (χ3v) is 5.30. The molecule has 2 aromatic carbocycles. The fourth-order valence-corrected chi connectivity index (χ4v) is 3.44. The summed E-state index contributed by atoms with van der Waals surface area (Å²) in [7, 11) is 0. The summed E-state index contributed by atoms with van der Waals surface area (Å²) in [5, 5.41) is 5.36. The van der Waals surface area contributed by atoms with Crippen molar-refractivity contribution in [1.82, 2.24) is 4.98 Å². The van der Waals surface area contributed by atoms with Crippen LogP contribution in [-0.4, -0.2) is 11.2 Å². The van der Waals surface area contributed by atoms with Crippen molar-refractivity contribution in [2.75, 3.05) is 11.6 Å². The van der Waals surface area contributed by atoms with Crippen LogP contribution in [-0.2, 0) is 6.54 Å². The summed E-state index contributed by atoms with van der Waals surface area (Å²) < 4.78 is 0. The lowest BCUT2D eigenvalue weighted by Gasteiger charge is -2.15. The molecule has 0 amide bonds. The van der Waals surface area contributed by atoms with Crippen molar-refractivity contribution in [3.05, 3.63) is 58.7 Å². The third kappa shape index (κ3) is 3.44. The largest absolute Gasteiger partial charge is 0.379 e. The number of fused-ring (bicyclic) bond motifs is 1. The highest BCUT2D eigenvalue weighted by atomic mass is 35.5. The van der Waals surface area contributed by atoms with Gasteiger partial charge in [0.05, 0.1) is 16.9 Å². The van der Waals surface area contributed by atoms with Crippen molar-refractivity contribution in [3.8, 4) is 0 Å². The smallest absolute Gasteiger partial charge is 0.0862 e. The molecule has 2 nitrogen and oxygen atoms in total. The number of thiol groups is 1. The van der Waals surface area contributed by atoms with E-state index in [1.165, 1.54) is 10.5 Å². The number of nitrogens with one attached hydrogen (secondary N) is 1. The van der Waals surface area contributed by atoms with Crippen LogP contribution in [0.5, 0.6) is 0 Å². The van der Waals surface area contributed by atoms with E-state index in [1.807, 2.05) is 31.2 Å². The predicted molar refractivity (Wildman–Crippen MR) is 104 cm³/mol. The zero-order valence-corrected chi connectivity index (χ0v) is 15.4. The fraction of sp³-hybridized carbons (Fsp3) is 0.167. The lowest BCUT2D eigenvalue weighted by Crippen LogP contribution is -2.03. The maximum absolute atomic E-state index is 5.94. The molecule has 0 saturated carbocycles. The highest BCUT2D eigenvalue weighted by molar-refractivity contribution is 7.98. The molecule has 0 radical (unpaired) electrons. The molecule has 1 aromatic heterocycles. The second-order valence-corrected chi connectivity index (χ2v) is 6.99. The van der Waals surface area contributed by atoms with Gasteiger partial charge in [0.15, 0.2) is 0 Å². The van der Waals surface area contributed by atoms with E-state index in [0.717, 1.165) is 32.2 Å². The van der Waals surface area contributed by atoms with Crippen LogP contribution >= 0.6 is 36.0 Å². The summed E-state index contributed by atoms with van der Waals surface area (Å²) in [5.74, 6) is 0. The second-order valence-electron chi connectivity index (χ2n) is 5.26. The van der Waals surface area contributed by atoms with Crippen LogP contribution in [0.15, 0.2) is 52.3 Å². The average molecular weight is 361 g/mol. The van der Waals surface area contributed by atoms with Gasteiger partial charge >= 0.3 is 0 Å². The number of aromatic nitrogens is 1. The summed E-state index contributed by atoms with van der Waals surface area (Å²) in [4.78, 5) is 6.79. The molecular weight excluding hydrogens is 344 g/mol. The van der Waals surface area contributed by atoms with Crippen molar-refractivity contribution >= 4 is 52.6 Å². The lowest BCUT2D eigenvalue weighted by atomic mass is 10.1. The first-order chi connectivity index (χ1) is 11.1. The van der Waals surface area contributed by atoms with Gasteiger partial charge < -0.3 is 5.32 Å². The van der Waals surface area contributed by atoms with Gasteiger partial charge in [0, 0.05) is 26.7 Å². The molecule has 0 atom stereocenters. The van der Waals surface area contributed by atoms with Crippen molar-refractivity contribution in [3.63, 3.8) is 0 Å². The number of rotatable bonds is 4. The van der Waals surface area contributed by atoms with Crippen LogP contribution in [0.4, 0.5) is 5.69 Å². The van der Waals surface area contributed by atoms with Gasteiger partial charge in [-0.3, -0.25) is 4.98 Å². The number of nitrogens with zero attached hydrogens (tertiary/aromatic N) is 1. The number of anilines is 1. The minimum absolute atomic E-state index is 0.715. The molecule has 0 aliphatic carbocycles. The van der Waals surface area contributed by atoms with E-state index in [9.17, 15) is 0 Å². The number of para-hydroxylation sites is 1. The van der Waals surface area contributed by atoms with Crippen LogP contribution in [0.1, 0.15) is 11.3 Å². The first-order valence-corrected chi connectivity index (χ1v) is 9.29. The normalized spacial score (nSPS) is 11.0. The fourth-order valence-electron chi connectivity index (χ4n) is 2.50. The number of hydrogen-bond acceptors (Lipinski definition) is 4. The Morgan fingerprint density at radius 3 is 2.61 bits per heavy atom. The molecule has 0 aliphatic rings. The Bertz CT molecular complexity index is 848. The van der Waals surface area contributed by atoms with E-state index in [4.69, 9.17) is 16.6 Å². The SMILES string of the molecule is CSc1cccc2c(NCc3ccc(Cl)cc3)c(S)c(C)nc12. The molecule has 0 saturated heterocycles. The van der Waals surface area contributed by atoms with E-state index < -0.39 is 0 Å². The number of thioether (sulfide) groups is 1. The molecule has 23 heavy (non-hydrogen) atoms. The van der Waals surface area contributed by atoms with Crippen LogP contribution in [0, 0.1) is 6.92 Å². The molecule has 5 heteroatoms. The van der Waals surface area contributed by atoms with Gasteiger partial charge in [0.2, 0.25) is 0 Å². The zero-order valence-electron chi connectivity index (χ0n) is 12.9. The third-order valence-electron chi connectivity index (χ3n) is 3.73. The van der Waals surface area contributed by atoms with Crippen LogP contribution in [0.3, 0.4) is 0 Å². The van der Waals surface area contributed by atoms with Crippen molar-refractivity contribution in [2.45, 2.75) is 23.3 Å². The minimum Gasteiger partial charge on any atom is -0.379 e. The van der Waals surface area contributed by atoms with Gasteiger partial charge in [0.25, 0.3) is 0 Å². The Morgan fingerprint density at radius 1 is 1.17 bits per heavy atom. The molecule has 0 bridgehead atoms. The molecule has 0 fully saturated rings. The Hall–Kier alpha value is -1.36. The van der Waals surface area contributed by atoms with Crippen LogP contribution < -0.4 is 5.32 Å². The van der Waals surface area contributed by atoms with Gasteiger partial charge in [-0.2, -0.15) is 0 Å². The summed E-state index contributed by atoms with van der Waals surface area (Å²) in [5.41, 5.74) is 4.15. The maximum Gasteiger partial charge on any atom is 0.0862 e. The average Bonchev–Trinajstić information content (AvgIpc) is 2.56. The molecular formula is C18H17ClN2S2. The van der Waals surface area contributed by atoms with E-state index in [-0.39, 0.29) is 0 Å². The van der Waals surface area contributed by atoms with E-state index in [1.54, 1.807) is 11.8 Å². The molecule has 3 rings (SSSR count). The standard InChI is InChI=1S/C18H17ClN2S2/c1-11-18(22)17(20-10-12-6-8-13(19)9-7-12)14-4-3-5-15(23-2)16(14)21-11/h3-9,22H,10H2,1-2H3,(H,20,21). The monoisotopic (exact) mass is 360 g/mol. The van der Waals surface area contributed by atoms with Gasteiger partial charge in [-0.15, -0.1) is 24.4 Å². The van der Waals surface area contributed by atoms with Crippen molar-refractivity contribution in [1.29, 1.82) is 0 Å². The number of benzene rings is 2. The number of aryl methyl sites for hydroxylation is 1. The molecule has 118 valence electrons. The predicted octanol–water partition coefficient (Wildman–Crippen LogP) is 5.82. The van der Waals surface area contributed by atoms with Gasteiger partial charge in [-0.25, -0.2) is 0 Å². The van der Waals surface area contributed by atoms with Gasteiger partial charge in [-0.05, 0) is 36.9 Å². The van der Waals surface area contributed by atoms with Gasteiger partial charge in [0.1, 0.15) is 0 Å². The Balaban J connectivity index is 2.02. The maximum atomic E-state index is 5.94. The number of pyridine rings is 1. The second kappa shape index (κ2) is 7.04. The van der Waals surface area contributed by atoms with E-state index >= 15 is 0 Å². The molecule has 3 aromatic rings. The molecule has 1 heterocycles. The minimum atomic E-state index is 0.715. The summed E-state index contributed by atoms with van der Waals surface area (Å²) in [6.07, 6.45) is 2.07.